The van der Waals surface area contributed by atoms with Crippen LogP contribution in [0.5, 0.6) is 0 Å². The van der Waals surface area contributed by atoms with Crippen molar-refractivity contribution in [3.63, 3.8) is 0 Å². The van der Waals surface area contributed by atoms with E-state index >= 15 is 0 Å². The van der Waals surface area contributed by atoms with Gasteiger partial charge in [0.05, 0.1) is 54.9 Å². The number of aliphatic carboxylic acids is 2. The smallest absolute Gasteiger partial charge is 0.310 e. The van der Waals surface area contributed by atoms with Crippen molar-refractivity contribution in [1.82, 2.24) is 0 Å². The summed E-state index contributed by atoms with van der Waals surface area (Å²) in [6, 6.07) is 0. The fourth-order valence-electron chi connectivity index (χ4n) is 11.7. The molecule has 0 aromatic carbocycles. The minimum atomic E-state index is -0.870. The molecule has 6 aliphatic carbocycles. The van der Waals surface area contributed by atoms with Crippen LogP contribution in [0.2, 0.25) is 0 Å². The van der Waals surface area contributed by atoms with Gasteiger partial charge in [0.1, 0.15) is 6.10 Å². The molecule has 10 nitrogen and oxygen atoms in total. The summed E-state index contributed by atoms with van der Waals surface area (Å²) in [5, 5.41) is 19.3. The van der Waals surface area contributed by atoms with Crippen LogP contribution < -0.4 is 0 Å². The monoisotopic (exact) mass is 775 g/mol. The first-order chi connectivity index (χ1) is 26.3. The van der Waals surface area contributed by atoms with Crippen LogP contribution in [-0.4, -0.2) is 71.4 Å². The van der Waals surface area contributed by atoms with Gasteiger partial charge in [-0.05, 0) is 170 Å². The van der Waals surface area contributed by atoms with Crippen molar-refractivity contribution in [2.24, 2.45) is 52.8 Å². The molecule has 6 saturated carbocycles. The van der Waals surface area contributed by atoms with Crippen LogP contribution in [0.15, 0.2) is 0 Å². The van der Waals surface area contributed by atoms with Gasteiger partial charge in [0.15, 0.2) is 0 Å². The molecule has 0 amide bonds. The molecule has 0 aromatic heterocycles. The maximum Gasteiger partial charge on any atom is 0.310 e. The SMILES string of the molecule is CC1CCC(COOC2CCC(OC3CCC(C(C)(C)C4CCC(OC5CCC(OC(=O)C6CCC(C)CC6C(=O)O)CC5)CC4)CC3)CC2)C(C(=O)O)C1. The first-order valence-electron chi connectivity index (χ1n) is 22.6. The molecule has 55 heavy (non-hydrogen) atoms. The molecule has 10 heteroatoms. The van der Waals surface area contributed by atoms with Gasteiger partial charge in [-0.25, -0.2) is 9.78 Å². The Labute approximate surface area is 330 Å². The molecular formula is C45H74O10. The lowest BCUT2D eigenvalue weighted by molar-refractivity contribution is -0.338. The van der Waals surface area contributed by atoms with E-state index in [1.807, 2.05) is 0 Å². The highest BCUT2D eigenvalue weighted by Gasteiger charge is 2.43. The van der Waals surface area contributed by atoms with Gasteiger partial charge in [0.2, 0.25) is 0 Å². The second kappa shape index (κ2) is 19.8. The van der Waals surface area contributed by atoms with Crippen LogP contribution in [0.25, 0.3) is 0 Å². The second-order valence-corrected chi connectivity index (χ2v) is 19.7. The molecule has 0 saturated heterocycles. The zero-order valence-electron chi connectivity index (χ0n) is 34.5. The summed E-state index contributed by atoms with van der Waals surface area (Å²) in [7, 11) is 0. The van der Waals surface area contributed by atoms with E-state index in [1.54, 1.807) is 0 Å². The van der Waals surface area contributed by atoms with E-state index in [1.165, 1.54) is 25.7 Å². The minimum absolute atomic E-state index is 0.0372. The molecule has 2 N–H and O–H groups in total. The third kappa shape index (κ3) is 11.7. The fraction of sp³-hybridized carbons (Fsp3) is 0.933. The lowest BCUT2D eigenvalue weighted by Crippen LogP contribution is -2.40. The molecule has 6 aliphatic rings. The van der Waals surface area contributed by atoms with E-state index in [0.717, 1.165) is 115 Å². The van der Waals surface area contributed by atoms with Crippen molar-refractivity contribution in [2.45, 2.75) is 206 Å². The molecule has 6 rings (SSSR count). The summed E-state index contributed by atoms with van der Waals surface area (Å²) < 4.78 is 19.2. The first-order valence-corrected chi connectivity index (χ1v) is 22.6. The third-order valence-electron chi connectivity index (χ3n) is 15.5. The van der Waals surface area contributed by atoms with Gasteiger partial charge in [-0.2, -0.15) is 0 Å². The predicted molar refractivity (Wildman–Crippen MR) is 208 cm³/mol. The molecule has 314 valence electrons. The largest absolute Gasteiger partial charge is 0.481 e. The van der Waals surface area contributed by atoms with Crippen molar-refractivity contribution in [3.8, 4) is 0 Å². The number of esters is 1. The molecule has 0 heterocycles. The third-order valence-corrected chi connectivity index (χ3v) is 15.5. The highest BCUT2D eigenvalue weighted by atomic mass is 17.2. The molecule has 0 spiro atoms. The molecule has 6 unspecified atom stereocenters. The summed E-state index contributed by atoms with van der Waals surface area (Å²) >= 11 is 0. The van der Waals surface area contributed by atoms with Gasteiger partial charge >= 0.3 is 17.9 Å². The van der Waals surface area contributed by atoms with E-state index in [4.69, 9.17) is 24.0 Å². The minimum Gasteiger partial charge on any atom is -0.481 e. The second-order valence-electron chi connectivity index (χ2n) is 19.7. The van der Waals surface area contributed by atoms with Crippen LogP contribution in [0, 0.1) is 52.8 Å². The Kier molecular flexibility index (Phi) is 15.4. The fourth-order valence-corrected chi connectivity index (χ4v) is 11.7. The van der Waals surface area contributed by atoms with Crippen molar-refractivity contribution < 1.29 is 48.6 Å². The van der Waals surface area contributed by atoms with E-state index in [0.29, 0.717) is 55.0 Å². The standard InChI is InChI=1S/C45H74O10/c1-28-5-7-30(40(25-28)42(46)47)27-51-55-38-22-20-36(21-23-38)53-34-14-10-32(11-15-34)45(3,4)31-8-12-33(13-9-31)52-35-16-18-37(19-17-35)54-44(50)39-24-6-29(2)26-41(39)43(48)49/h28-41H,5-27H2,1-4H3,(H,46,47)(H,48,49). The molecular weight excluding hydrogens is 700 g/mol. The predicted octanol–water partition coefficient (Wildman–Crippen LogP) is 9.55. The number of carbonyl (C=O) groups is 3. The molecule has 6 atom stereocenters. The zero-order valence-corrected chi connectivity index (χ0v) is 34.5. The van der Waals surface area contributed by atoms with Crippen LogP contribution in [-0.2, 0) is 38.4 Å². The highest BCUT2D eigenvalue weighted by Crippen LogP contribution is 2.49. The first kappa shape index (κ1) is 42.8. The molecule has 0 radical (unpaired) electrons. The maximum atomic E-state index is 13.0. The number of ether oxygens (including phenoxy) is 3. The van der Waals surface area contributed by atoms with E-state index in [2.05, 4.69) is 27.7 Å². The van der Waals surface area contributed by atoms with Gasteiger partial charge in [-0.1, -0.05) is 34.1 Å². The van der Waals surface area contributed by atoms with Gasteiger partial charge in [-0.15, -0.1) is 0 Å². The van der Waals surface area contributed by atoms with Gasteiger partial charge in [0, 0.05) is 0 Å². The number of carboxylic acids is 2. The molecule has 0 bridgehead atoms. The van der Waals surface area contributed by atoms with Crippen molar-refractivity contribution in [1.29, 1.82) is 0 Å². The van der Waals surface area contributed by atoms with Crippen molar-refractivity contribution in [2.75, 3.05) is 6.61 Å². The molecule has 6 fully saturated rings. The Bertz CT molecular complexity index is 1220. The maximum absolute atomic E-state index is 13.0. The quantitative estimate of drug-likeness (QED) is 0.0997. The Morgan fingerprint density at radius 2 is 0.927 bits per heavy atom. The number of hydrogen-bond acceptors (Lipinski definition) is 8. The number of rotatable bonds is 14. The highest BCUT2D eigenvalue weighted by molar-refractivity contribution is 5.81. The van der Waals surface area contributed by atoms with E-state index < -0.39 is 23.8 Å². The molecule has 0 aliphatic heterocycles. The van der Waals surface area contributed by atoms with Crippen molar-refractivity contribution >= 4 is 17.9 Å². The Morgan fingerprint density at radius 3 is 1.42 bits per heavy atom. The summed E-state index contributed by atoms with van der Waals surface area (Å²) in [6.07, 6.45) is 22.6. The van der Waals surface area contributed by atoms with Gasteiger partial charge in [0.25, 0.3) is 0 Å². The number of hydrogen-bond donors (Lipinski definition) is 2. The Balaban J connectivity index is 0.825. The van der Waals surface area contributed by atoms with Crippen LogP contribution in [0.1, 0.15) is 169 Å². The average Bonchev–Trinajstić information content (AvgIpc) is 3.17. The topological polar surface area (TPSA) is 138 Å². The average molecular weight is 775 g/mol. The van der Waals surface area contributed by atoms with Gasteiger partial charge < -0.3 is 24.4 Å². The lowest BCUT2D eigenvalue weighted by atomic mass is 9.60. The van der Waals surface area contributed by atoms with Gasteiger partial charge in [-0.3, -0.25) is 14.4 Å². The summed E-state index contributed by atoms with van der Waals surface area (Å²) in [6.45, 7) is 9.61. The summed E-state index contributed by atoms with van der Waals surface area (Å²) in [4.78, 5) is 47.9. The Hall–Kier alpha value is -1.75. The van der Waals surface area contributed by atoms with E-state index in [9.17, 15) is 24.6 Å². The summed E-state index contributed by atoms with van der Waals surface area (Å²) in [5.74, 6) is -1.06. The number of carboxylic acid groups (broad SMARTS) is 2. The van der Waals surface area contributed by atoms with Crippen LogP contribution in [0.3, 0.4) is 0 Å². The molecule has 0 aromatic rings. The van der Waals surface area contributed by atoms with Crippen LogP contribution >= 0.6 is 0 Å². The van der Waals surface area contributed by atoms with Crippen LogP contribution in [0.4, 0.5) is 0 Å². The zero-order chi connectivity index (χ0) is 39.1. The Morgan fingerprint density at radius 1 is 0.509 bits per heavy atom. The van der Waals surface area contributed by atoms with E-state index in [-0.39, 0.29) is 36.1 Å². The number of carbonyl (C=O) groups excluding carboxylic acids is 1. The lowest BCUT2D eigenvalue weighted by Gasteiger charge is -2.47. The van der Waals surface area contributed by atoms with Crippen molar-refractivity contribution in [3.05, 3.63) is 0 Å². The normalized spacial score (nSPS) is 40.6. The summed E-state index contributed by atoms with van der Waals surface area (Å²) in [5.41, 5.74) is 0.309.